The van der Waals surface area contributed by atoms with Crippen molar-refractivity contribution < 1.29 is 17.7 Å². The Morgan fingerprint density at radius 3 is 2.14 bits per heavy atom. The first-order valence-corrected chi connectivity index (χ1v) is 6.84. The quantitative estimate of drug-likeness (QED) is 0.535. The summed E-state index contributed by atoms with van der Waals surface area (Å²) in [6, 6.07) is 0. The minimum absolute atomic E-state index is 0.0714. The molecule has 0 aliphatic heterocycles. The van der Waals surface area contributed by atoms with Crippen LogP contribution in [-0.4, -0.2) is 27.1 Å². The molecule has 0 N–H and O–H groups in total. The first-order valence-electron chi connectivity index (χ1n) is 4.20. The van der Waals surface area contributed by atoms with Crippen molar-refractivity contribution in [2.45, 2.75) is 30.8 Å². The molecule has 3 unspecified atom stereocenters. The predicted molar refractivity (Wildman–Crippen MR) is 61.0 cm³/mol. The van der Waals surface area contributed by atoms with Crippen LogP contribution in [0.5, 0.6) is 0 Å². The zero-order valence-corrected chi connectivity index (χ0v) is 11.1. The van der Waals surface area contributed by atoms with Gasteiger partial charge in [0.05, 0.1) is 0 Å². The van der Waals surface area contributed by atoms with Crippen LogP contribution in [0, 0.1) is 0 Å². The maximum absolute atomic E-state index is 13.0. The van der Waals surface area contributed by atoms with Crippen molar-refractivity contribution in [3.63, 3.8) is 0 Å². The van der Waals surface area contributed by atoms with Crippen LogP contribution < -0.4 is 0 Å². The smallest absolute Gasteiger partial charge is 0.288 e. The summed E-state index contributed by atoms with van der Waals surface area (Å²) in [5.74, 6) is -2.74. The molecule has 0 aliphatic carbocycles. The molecule has 7 heteroatoms. The van der Waals surface area contributed by atoms with Crippen molar-refractivity contribution in [3.05, 3.63) is 0 Å². The Kier molecular flexibility index (Phi) is 6.29. The van der Waals surface area contributed by atoms with E-state index in [-0.39, 0.29) is 12.2 Å². The van der Waals surface area contributed by atoms with Gasteiger partial charge in [0.2, 0.25) is 0 Å². The van der Waals surface area contributed by atoms with Gasteiger partial charge in [-0.25, -0.2) is 13.2 Å². The Hall–Kier alpha value is 0.960. The fraction of sp³-hybridized carbons (Fsp3) is 1.00. The number of alkyl halides is 3. The fourth-order valence-corrected chi connectivity index (χ4v) is 1.83. The molecule has 0 aliphatic rings. The molecule has 86 valence electrons. The van der Waals surface area contributed by atoms with E-state index < -0.39 is 28.7 Å². The van der Waals surface area contributed by atoms with Crippen molar-refractivity contribution in [3.8, 4) is 0 Å². The highest BCUT2D eigenvalue weighted by Crippen LogP contribution is 2.46. The van der Waals surface area contributed by atoms with Crippen LogP contribution in [0.25, 0.3) is 0 Å². The van der Waals surface area contributed by atoms with E-state index in [4.69, 9.17) is 0 Å². The number of halogens is 3. The summed E-state index contributed by atoms with van der Waals surface area (Å²) in [5, 5.41) is -2.67. The van der Waals surface area contributed by atoms with Gasteiger partial charge in [0.25, 0.3) is 5.92 Å². The van der Waals surface area contributed by atoms with E-state index in [9.17, 15) is 17.7 Å². The highest BCUT2D eigenvalue weighted by Gasteiger charge is 2.47. The fourth-order valence-electron chi connectivity index (χ4n) is 0.791. The second-order valence-electron chi connectivity index (χ2n) is 3.01. The van der Waals surface area contributed by atoms with Crippen molar-refractivity contribution in [1.82, 2.24) is 0 Å². The van der Waals surface area contributed by atoms with E-state index in [0.29, 0.717) is 5.75 Å². The van der Waals surface area contributed by atoms with E-state index in [1.807, 2.05) is 0 Å². The average Bonchev–Trinajstić information content (AvgIpc) is 2.01. The molecule has 0 saturated carbocycles. The van der Waals surface area contributed by atoms with E-state index >= 15 is 0 Å². The minimum atomic E-state index is -3.40. The maximum atomic E-state index is 13.0. The molecule has 0 rings (SSSR count). The van der Waals surface area contributed by atoms with Crippen LogP contribution >= 0.6 is 18.5 Å². The van der Waals surface area contributed by atoms with Crippen LogP contribution in [0.4, 0.5) is 13.2 Å². The maximum Gasteiger partial charge on any atom is 0.288 e. The molecule has 14 heavy (non-hydrogen) atoms. The SMILES string of the molecule is CC[S+]([O-])CCCC(F)(F)C(F)(P)P. The molecule has 3 atom stereocenters. The van der Waals surface area contributed by atoms with E-state index in [2.05, 4.69) is 0 Å². The molecule has 0 spiro atoms. The van der Waals surface area contributed by atoms with E-state index in [1.165, 1.54) is 18.5 Å². The lowest BCUT2D eigenvalue weighted by molar-refractivity contribution is -0.0597. The summed E-state index contributed by atoms with van der Waals surface area (Å²) in [6.45, 7) is 1.72. The van der Waals surface area contributed by atoms with E-state index in [0.717, 1.165) is 0 Å². The summed E-state index contributed by atoms with van der Waals surface area (Å²) in [4.78, 5) is 0. The van der Waals surface area contributed by atoms with Crippen LogP contribution in [-0.2, 0) is 11.2 Å². The van der Waals surface area contributed by atoms with Crippen molar-refractivity contribution in [1.29, 1.82) is 0 Å². The molecule has 0 bridgehead atoms. The van der Waals surface area contributed by atoms with Crippen LogP contribution in [0.1, 0.15) is 19.8 Å². The van der Waals surface area contributed by atoms with Crippen molar-refractivity contribution in [2.24, 2.45) is 0 Å². The molecular weight excluding hydrogens is 251 g/mol. The summed E-state index contributed by atoms with van der Waals surface area (Å²) in [6.07, 6.45) is -0.510. The second kappa shape index (κ2) is 5.89. The monoisotopic (exact) mass is 266 g/mol. The van der Waals surface area contributed by atoms with Crippen molar-refractivity contribution in [2.75, 3.05) is 11.5 Å². The van der Waals surface area contributed by atoms with Crippen LogP contribution in [0.2, 0.25) is 0 Å². The lowest BCUT2D eigenvalue weighted by Crippen LogP contribution is -2.33. The summed E-state index contributed by atoms with van der Waals surface area (Å²) in [5.41, 5.74) is 0. The number of hydrogen-bond acceptors (Lipinski definition) is 1. The normalized spacial score (nSPS) is 15.6. The molecule has 1 nitrogen and oxygen atoms in total. The Balaban J connectivity index is 3.89. The van der Waals surface area contributed by atoms with Gasteiger partial charge in [0.15, 0.2) is 5.15 Å². The molecule has 0 saturated heterocycles. The standard InChI is InChI=1S/C7H15F3OP2S/c1-2-14(11)5-3-4-6(8,9)7(10,12)13/h2-5,12-13H2,1H3. The molecule has 0 aromatic rings. The lowest BCUT2D eigenvalue weighted by Gasteiger charge is -2.26. The number of rotatable bonds is 6. The van der Waals surface area contributed by atoms with Gasteiger partial charge in [-0.05, 0) is 13.3 Å². The molecule has 0 radical (unpaired) electrons. The summed E-state index contributed by atoms with van der Waals surface area (Å²) >= 11 is -1.06. The molecular formula is C7H15F3OP2S. The molecule has 0 fully saturated rings. The van der Waals surface area contributed by atoms with Gasteiger partial charge in [0, 0.05) is 6.42 Å². The Bertz CT molecular complexity index is 175. The van der Waals surface area contributed by atoms with Crippen LogP contribution in [0.15, 0.2) is 0 Å². The van der Waals surface area contributed by atoms with Gasteiger partial charge in [0.1, 0.15) is 11.5 Å². The highest BCUT2D eigenvalue weighted by molar-refractivity contribution is 7.91. The zero-order chi connectivity index (χ0) is 11.4. The van der Waals surface area contributed by atoms with Gasteiger partial charge in [-0.15, -0.1) is 0 Å². The van der Waals surface area contributed by atoms with E-state index in [1.54, 1.807) is 6.92 Å². The van der Waals surface area contributed by atoms with Gasteiger partial charge in [-0.2, -0.15) is 0 Å². The average molecular weight is 266 g/mol. The largest absolute Gasteiger partial charge is 0.616 e. The van der Waals surface area contributed by atoms with Gasteiger partial charge in [-0.3, -0.25) is 0 Å². The van der Waals surface area contributed by atoms with Crippen molar-refractivity contribution >= 4 is 29.7 Å². The van der Waals surface area contributed by atoms with Crippen LogP contribution in [0.3, 0.4) is 0 Å². The third kappa shape index (κ3) is 5.16. The Labute approximate surface area is 90.2 Å². The lowest BCUT2D eigenvalue weighted by atomic mass is 10.2. The summed E-state index contributed by atoms with van der Waals surface area (Å²) in [7, 11) is 2.92. The topological polar surface area (TPSA) is 23.1 Å². The predicted octanol–water partition coefficient (Wildman–Crippen LogP) is 2.54. The minimum Gasteiger partial charge on any atom is -0.616 e. The Morgan fingerprint density at radius 2 is 1.79 bits per heavy atom. The third-order valence-corrected chi connectivity index (χ3v) is 3.98. The second-order valence-corrected chi connectivity index (χ2v) is 7.22. The highest BCUT2D eigenvalue weighted by atomic mass is 32.2. The molecule has 0 aromatic heterocycles. The molecule has 0 aromatic carbocycles. The molecule has 0 amide bonds. The first-order chi connectivity index (χ1) is 6.20. The third-order valence-electron chi connectivity index (χ3n) is 1.75. The number of hydrogen-bond donors (Lipinski definition) is 0. The zero-order valence-electron chi connectivity index (χ0n) is 7.93. The first kappa shape index (κ1) is 15.0. The molecule has 0 heterocycles. The van der Waals surface area contributed by atoms with Gasteiger partial charge in [-0.1, -0.05) is 29.7 Å². The summed E-state index contributed by atoms with van der Waals surface area (Å²) < 4.78 is 49.7. The Morgan fingerprint density at radius 1 is 1.29 bits per heavy atom. The van der Waals surface area contributed by atoms with Gasteiger partial charge >= 0.3 is 0 Å². The van der Waals surface area contributed by atoms with Gasteiger partial charge < -0.3 is 4.55 Å².